The molecular weight excluding hydrogens is 298 g/mol. The van der Waals surface area contributed by atoms with E-state index < -0.39 is 4.92 Å². The van der Waals surface area contributed by atoms with Crippen LogP contribution in [0.5, 0.6) is 0 Å². The number of piperidine rings is 1. The Labute approximate surface area is 133 Å². The number of hydrogen-bond donors (Lipinski definition) is 0. The highest BCUT2D eigenvalue weighted by Gasteiger charge is 2.30. The normalized spacial score (nSPS) is 22.8. The minimum Gasteiger partial charge on any atom is -0.378 e. The second kappa shape index (κ2) is 5.77. The van der Waals surface area contributed by atoms with Crippen molar-refractivity contribution in [2.75, 3.05) is 24.6 Å². The average molecular weight is 317 g/mol. The van der Waals surface area contributed by atoms with Crippen molar-refractivity contribution in [1.29, 1.82) is 0 Å². The first-order chi connectivity index (χ1) is 11.2. The fourth-order valence-corrected chi connectivity index (χ4v) is 3.62. The number of nitro groups is 1. The maximum Gasteiger partial charge on any atom is 0.368 e. The second-order valence-electron chi connectivity index (χ2n) is 6.21. The van der Waals surface area contributed by atoms with E-state index >= 15 is 0 Å². The Morgan fingerprint density at radius 2 is 2.09 bits per heavy atom. The van der Waals surface area contributed by atoms with Gasteiger partial charge in [0.25, 0.3) is 0 Å². The molecule has 23 heavy (non-hydrogen) atoms. The Kier molecular flexibility index (Phi) is 3.60. The number of anilines is 1. The molecule has 0 N–H and O–H groups in total. The van der Waals surface area contributed by atoms with Crippen LogP contribution in [0.3, 0.4) is 0 Å². The predicted molar refractivity (Wildman–Crippen MR) is 83.6 cm³/mol. The maximum atomic E-state index is 11.0. The SMILES string of the molecule is O=[N+]([O-])c1cnc2ccc(N3CCC(C4CCCO4)CC3)nn12. The van der Waals surface area contributed by atoms with Gasteiger partial charge in [-0.05, 0) is 42.6 Å². The Bertz CT molecular complexity index is 717. The third kappa shape index (κ3) is 2.63. The molecule has 2 aromatic rings. The Balaban J connectivity index is 1.51. The molecule has 4 rings (SSSR count). The second-order valence-corrected chi connectivity index (χ2v) is 6.21. The first-order valence-electron chi connectivity index (χ1n) is 8.08. The van der Waals surface area contributed by atoms with E-state index in [4.69, 9.17) is 4.74 Å². The molecule has 2 saturated heterocycles. The molecule has 8 nitrogen and oxygen atoms in total. The van der Waals surface area contributed by atoms with Gasteiger partial charge in [0.05, 0.1) is 6.10 Å². The van der Waals surface area contributed by atoms with Crippen molar-refractivity contribution in [3.63, 3.8) is 0 Å². The molecule has 4 heterocycles. The summed E-state index contributed by atoms with van der Waals surface area (Å²) in [4.78, 5) is 16.8. The number of imidazole rings is 1. The molecule has 2 aromatic heterocycles. The Morgan fingerprint density at radius 1 is 1.26 bits per heavy atom. The first kappa shape index (κ1) is 14.4. The molecule has 0 saturated carbocycles. The molecule has 2 fully saturated rings. The van der Waals surface area contributed by atoms with Crippen LogP contribution in [0.15, 0.2) is 18.3 Å². The van der Waals surface area contributed by atoms with Crippen molar-refractivity contribution in [3.05, 3.63) is 28.4 Å². The van der Waals surface area contributed by atoms with Crippen LogP contribution >= 0.6 is 0 Å². The monoisotopic (exact) mass is 317 g/mol. The molecule has 0 amide bonds. The molecule has 0 spiro atoms. The van der Waals surface area contributed by atoms with Crippen LogP contribution in [0, 0.1) is 16.0 Å². The average Bonchev–Trinajstić information content (AvgIpc) is 3.24. The highest BCUT2D eigenvalue weighted by molar-refractivity contribution is 5.49. The van der Waals surface area contributed by atoms with Gasteiger partial charge in [0.1, 0.15) is 6.20 Å². The number of nitrogens with zero attached hydrogens (tertiary/aromatic N) is 5. The Hall–Kier alpha value is -2.22. The molecule has 2 aliphatic heterocycles. The zero-order chi connectivity index (χ0) is 15.8. The third-order valence-electron chi connectivity index (χ3n) is 4.87. The highest BCUT2D eigenvalue weighted by atomic mass is 16.6. The fraction of sp³-hybridized carbons (Fsp3) is 0.600. The number of hydrogen-bond acceptors (Lipinski definition) is 6. The quantitative estimate of drug-likeness (QED) is 0.636. The molecule has 1 atom stereocenters. The molecule has 0 radical (unpaired) electrons. The van der Waals surface area contributed by atoms with E-state index in [1.807, 2.05) is 6.07 Å². The predicted octanol–water partition coefficient (Wildman–Crippen LogP) is 2.03. The summed E-state index contributed by atoms with van der Waals surface area (Å²) in [5, 5.41) is 15.4. The van der Waals surface area contributed by atoms with E-state index in [1.54, 1.807) is 6.07 Å². The van der Waals surface area contributed by atoms with E-state index in [0.29, 0.717) is 17.7 Å². The molecular formula is C15H19N5O3. The zero-order valence-electron chi connectivity index (χ0n) is 12.8. The molecule has 8 heteroatoms. The smallest absolute Gasteiger partial charge is 0.368 e. The van der Waals surface area contributed by atoms with Gasteiger partial charge in [-0.15, -0.1) is 0 Å². The van der Waals surface area contributed by atoms with E-state index in [9.17, 15) is 10.1 Å². The van der Waals surface area contributed by atoms with E-state index in [0.717, 1.165) is 38.4 Å². The van der Waals surface area contributed by atoms with Gasteiger partial charge in [-0.2, -0.15) is 0 Å². The minimum atomic E-state index is -0.458. The van der Waals surface area contributed by atoms with Gasteiger partial charge in [-0.1, -0.05) is 9.61 Å². The van der Waals surface area contributed by atoms with Crippen molar-refractivity contribution in [2.45, 2.75) is 31.8 Å². The van der Waals surface area contributed by atoms with E-state index in [1.165, 1.54) is 23.6 Å². The number of fused-ring (bicyclic) bond motifs is 1. The minimum absolute atomic E-state index is 0.101. The van der Waals surface area contributed by atoms with Gasteiger partial charge < -0.3 is 19.8 Å². The van der Waals surface area contributed by atoms with Crippen molar-refractivity contribution < 1.29 is 9.66 Å². The molecule has 1 unspecified atom stereocenters. The number of aromatic nitrogens is 3. The topological polar surface area (TPSA) is 85.8 Å². The summed E-state index contributed by atoms with van der Waals surface area (Å²) in [5.74, 6) is 1.29. The van der Waals surface area contributed by atoms with E-state index in [-0.39, 0.29) is 5.82 Å². The van der Waals surface area contributed by atoms with Gasteiger partial charge in [0, 0.05) is 25.8 Å². The summed E-state index contributed by atoms with van der Waals surface area (Å²) in [6, 6.07) is 3.67. The van der Waals surface area contributed by atoms with Crippen molar-refractivity contribution in [3.8, 4) is 0 Å². The van der Waals surface area contributed by atoms with E-state index in [2.05, 4.69) is 15.0 Å². The van der Waals surface area contributed by atoms with Crippen molar-refractivity contribution in [2.24, 2.45) is 5.92 Å². The standard InChI is InChI=1S/C15H19N5O3/c21-20(22)15-10-16-13-3-4-14(17-19(13)15)18-7-5-11(6-8-18)12-2-1-9-23-12/h3-4,10-12H,1-2,5-9H2. The summed E-state index contributed by atoms with van der Waals surface area (Å²) in [6.07, 6.45) is 6.17. The van der Waals surface area contributed by atoms with Crippen LogP contribution in [0.2, 0.25) is 0 Å². The number of rotatable bonds is 3. The van der Waals surface area contributed by atoms with Crippen LogP contribution in [0.1, 0.15) is 25.7 Å². The van der Waals surface area contributed by atoms with Gasteiger partial charge >= 0.3 is 5.82 Å². The lowest BCUT2D eigenvalue weighted by Gasteiger charge is -2.34. The van der Waals surface area contributed by atoms with Gasteiger partial charge in [-0.3, -0.25) is 0 Å². The van der Waals surface area contributed by atoms with Gasteiger partial charge in [0.15, 0.2) is 5.82 Å². The van der Waals surface area contributed by atoms with Crippen LogP contribution in [0.25, 0.3) is 5.65 Å². The zero-order valence-corrected chi connectivity index (χ0v) is 12.8. The summed E-state index contributed by atoms with van der Waals surface area (Å²) >= 11 is 0. The summed E-state index contributed by atoms with van der Waals surface area (Å²) in [5.41, 5.74) is 0.495. The first-order valence-corrected chi connectivity index (χ1v) is 8.08. The summed E-state index contributed by atoms with van der Waals surface area (Å²) in [6.45, 7) is 2.71. The summed E-state index contributed by atoms with van der Waals surface area (Å²) in [7, 11) is 0. The summed E-state index contributed by atoms with van der Waals surface area (Å²) < 4.78 is 7.11. The molecule has 0 aromatic carbocycles. The van der Waals surface area contributed by atoms with Crippen LogP contribution in [-0.2, 0) is 4.74 Å². The number of ether oxygens (including phenoxy) is 1. The van der Waals surface area contributed by atoms with Crippen LogP contribution in [0.4, 0.5) is 11.6 Å². The third-order valence-corrected chi connectivity index (χ3v) is 4.87. The Morgan fingerprint density at radius 3 is 2.78 bits per heavy atom. The van der Waals surface area contributed by atoms with Gasteiger partial charge in [-0.25, -0.2) is 4.98 Å². The lowest BCUT2D eigenvalue weighted by atomic mass is 9.90. The largest absolute Gasteiger partial charge is 0.378 e. The van der Waals surface area contributed by atoms with Crippen LogP contribution in [-0.4, -0.2) is 45.3 Å². The molecule has 0 aliphatic carbocycles. The van der Waals surface area contributed by atoms with Crippen molar-refractivity contribution >= 4 is 17.3 Å². The molecule has 0 bridgehead atoms. The molecule has 2 aliphatic rings. The van der Waals surface area contributed by atoms with Gasteiger partial charge in [0.2, 0.25) is 5.65 Å². The lowest BCUT2D eigenvalue weighted by Crippen LogP contribution is -2.38. The highest BCUT2D eigenvalue weighted by Crippen LogP contribution is 2.30. The van der Waals surface area contributed by atoms with Crippen molar-refractivity contribution in [1.82, 2.24) is 14.6 Å². The maximum absolute atomic E-state index is 11.0. The van der Waals surface area contributed by atoms with Crippen LogP contribution < -0.4 is 4.90 Å². The fourth-order valence-electron chi connectivity index (χ4n) is 3.62. The lowest BCUT2D eigenvalue weighted by molar-refractivity contribution is -0.391. The molecule has 122 valence electrons.